The van der Waals surface area contributed by atoms with E-state index in [0.29, 0.717) is 13.2 Å². The van der Waals surface area contributed by atoms with E-state index in [2.05, 4.69) is 5.32 Å². The summed E-state index contributed by atoms with van der Waals surface area (Å²) < 4.78 is 11.3. The van der Waals surface area contributed by atoms with Gasteiger partial charge in [0.2, 0.25) is 5.91 Å². The van der Waals surface area contributed by atoms with Gasteiger partial charge in [-0.2, -0.15) is 0 Å². The van der Waals surface area contributed by atoms with E-state index in [1.165, 1.54) is 0 Å². The van der Waals surface area contributed by atoms with Crippen molar-refractivity contribution >= 4 is 17.5 Å². The standard InChI is InChI=1S/C14H18ClNO3/c1-3-18-12-5-10-4-9(2)19-13(10)6-11(12)8-16-14(17)7-15/h5-6,9H,3-4,7-8H2,1-2H3,(H,16,17)/t9-/m1/s1. The molecule has 1 aliphatic heterocycles. The normalized spacial score (nSPS) is 16.7. The average Bonchev–Trinajstić information content (AvgIpc) is 2.75. The summed E-state index contributed by atoms with van der Waals surface area (Å²) in [5.74, 6) is 1.45. The van der Waals surface area contributed by atoms with Crippen LogP contribution in [0.4, 0.5) is 0 Å². The van der Waals surface area contributed by atoms with Gasteiger partial charge in [-0.05, 0) is 26.0 Å². The fraction of sp³-hybridized carbons (Fsp3) is 0.500. The van der Waals surface area contributed by atoms with Gasteiger partial charge in [-0.25, -0.2) is 0 Å². The fourth-order valence-electron chi connectivity index (χ4n) is 2.15. The van der Waals surface area contributed by atoms with Crippen LogP contribution in [0.2, 0.25) is 0 Å². The Bertz CT molecular complexity index is 476. The van der Waals surface area contributed by atoms with Gasteiger partial charge in [0, 0.05) is 24.1 Å². The molecule has 2 rings (SSSR count). The van der Waals surface area contributed by atoms with Gasteiger partial charge in [0.15, 0.2) is 0 Å². The molecule has 0 bridgehead atoms. The van der Waals surface area contributed by atoms with E-state index in [1.807, 2.05) is 26.0 Å². The summed E-state index contributed by atoms with van der Waals surface area (Å²) in [6, 6.07) is 3.95. The monoisotopic (exact) mass is 283 g/mol. The molecular formula is C14H18ClNO3. The molecule has 1 aromatic rings. The molecule has 0 fully saturated rings. The van der Waals surface area contributed by atoms with Crippen LogP contribution in [-0.2, 0) is 17.8 Å². The maximum absolute atomic E-state index is 11.2. The maximum Gasteiger partial charge on any atom is 0.235 e. The van der Waals surface area contributed by atoms with Gasteiger partial charge in [0.25, 0.3) is 0 Å². The molecule has 0 saturated carbocycles. The molecule has 0 aliphatic carbocycles. The molecule has 0 aromatic heterocycles. The van der Waals surface area contributed by atoms with Crippen molar-refractivity contribution < 1.29 is 14.3 Å². The molecule has 0 spiro atoms. The van der Waals surface area contributed by atoms with Crippen LogP contribution in [0.5, 0.6) is 11.5 Å². The quantitative estimate of drug-likeness (QED) is 0.843. The summed E-state index contributed by atoms with van der Waals surface area (Å²) in [6.07, 6.45) is 1.08. The number of benzene rings is 1. The highest BCUT2D eigenvalue weighted by Gasteiger charge is 2.21. The highest BCUT2D eigenvalue weighted by atomic mass is 35.5. The van der Waals surface area contributed by atoms with Crippen molar-refractivity contribution in [3.05, 3.63) is 23.3 Å². The number of carbonyl (C=O) groups is 1. The molecule has 0 unspecified atom stereocenters. The van der Waals surface area contributed by atoms with E-state index >= 15 is 0 Å². The number of amides is 1. The van der Waals surface area contributed by atoms with Crippen LogP contribution in [0.1, 0.15) is 25.0 Å². The number of alkyl halides is 1. The second kappa shape index (κ2) is 6.15. The zero-order valence-corrected chi connectivity index (χ0v) is 11.9. The molecule has 19 heavy (non-hydrogen) atoms. The Morgan fingerprint density at radius 2 is 2.37 bits per heavy atom. The second-order valence-corrected chi connectivity index (χ2v) is 4.81. The Labute approximate surface area is 118 Å². The van der Waals surface area contributed by atoms with E-state index in [9.17, 15) is 4.79 Å². The van der Waals surface area contributed by atoms with Crippen molar-refractivity contribution in [2.75, 3.05) is 12.5 Å². The minimum atomic E-state index is -0.195. The highest BCUT2D eigenvalue weighted by Crippen LogP contribution is 2.35. The number of ether oxygens (including phenoxy) is 2. The van der Waals surface area contributed by atoms with Crippen molar-refractivity contribution in [3.8, 4) is 11.5 Å². The number of carbonyl (C=O) groups excluding carboxylic acids is 1. The summed E-state index contributed by atoms with van der Waals surface area (Å²) in [7, 11) is 0. The molecule has 1 aliphatic rings. The Morgan fingerprint density at radius 1 is 1.58 bits per heavy atom. The summed E-state index contributed by atoms with van der Waals surface area (Å²) in [6.45, 7) is 4.96. The number of fused-ring (bicyclic) bond motifs is 1. The molecule has 0 radical (unpaired) electrons. The molecular weight excluding hydrogens is 266 g/mol. The van der Waals surface area contributed by atoms with E-state index < -0.39 is 0 Å². The fourth-order valence-corrected chi connectivity index (χ4v) is 2.25. The summed E-state index contributed by atoms with van der Waals surface area (Å²) >= 11 is 5.46. The average molecular weight is 284 g/mol. The first-order valence-corrected chi connectivity index (χ1v) is 6.95. The number of rotatable bonds is 5. The Balaban J connectivity index is 2.20. The minimum Gasteiger partial charge on any atom is -0.494 e. The third kappa shape index (κ3) is 3.32. The van der Waals surface area contributed by atoms with E-state index in [-0.39, 0.29) is 17.9 Å². The predicted molar refractivity (Wildman–Crippen MR) is 74.0 cm³/mol. The molecule has 1 amide bonds. The lowest BCUT2D eigenvalue weighted by Crippen LogP contribution is -2.24. The van der Waals surface area contributed by atoms with E-state index in [4.69, 9.17) is 21.1 Å². The van der Waals surface area contributed by atoms with Crippen LogP contribution in [0.3, 0.4) is 0 Å². The first-order valence-electron chi connectivity index (χ1n) is 6.42. The maximum atomic E-state index is 11.2. The van der Waals surface area contributed by atoms with E-state index in [0.717, 1.165) is 29.0 Å². The van der Waals surface area contributed by atoms with Gasteiger partial charge in [-0.3, -0.25) is 4.79 Å². The van der Waals surface area contributed by atoms with Crippen LogP contribution < -0.4 is 14.8 Å². The van der Waals surface area contributed by atoms with Gasteiger partial charge in [0.1, 0.15) is 23.5 Å². The largest absolute Gasteiger partial charge is 0.494 e. The smallest absolute Gasteiger partial charge is 0.235 e. The second-order valence-electron chi connectivity index (χ2n) is 4.54. The summed E-state index contributed by atoms with van der Waals surface area (Å²) in [4.78, 5) is 11.2. The predicted octanol–water partition coefficient (Wildman–Crippen LogP) is 2.26. The highest BCUT2D eigenvalue weighted by molar-refractivity contribution is 6.27. The van der Waals surface area contributed by atoms with Crippen LogP contribution in [-0.4, -0.2) is 24.5 Å². The molecule has 1 N–H and O–H groups in total. The molecule has 1 heterocycles. The third-order valence-electron chi connectivity index (χ3n) is 2.98. The van der Waals surface area contributed by atoms with Crippen molar-refractivity contribution in [2.45, 2.75) is 32.9 Å². The Kier molecular flexibility index (Phi) is 4.53. The Morgan fingerprint density at radius 3 is 3.05 bits per heavy atom. The van der Waals surface area contributed by atoms with Crippen molar-refractivity contribution in [1.29, 1.82) is 0 Å². The topological polar surface area (TPSA) is 47.6 Å². The van der Waals surface area contributed by atoms with Crippen LogP contribution in [0.25, 0.3) is 0 Å². The zero-order valence-electron chi connectivity index (χ0n) is 11.2. The number of halogens is 1. The van der Waals surface area contributed by atoms with E-state index in [1.54, 1.807) is 0 Å². The molecule has 5 heteroatoms. The van der Waals surface area contributed by atoms with Crippen LogP contribution in [0, 0.1) is 0 Å². The van der Waals surface area contributed by atoms with Crippen LogP contribution >= 0.6 is 11.6 Å². The number of nitrogens with one attached hydrogen (secondary N) is 1. The molecule has 0 saturated heterocycles. The molecule has 1 atom stereocenters. The van der Waals surface area contributed by atoms with Crippen molar-refractivity contribution in [2.24, 2.45) is 0 Å². The van der Waals surface area contributed by atoms with Gasteiger partial charge >= 0.3 is 0 Å². The minimum absolute atomic E-state index is 0.0392. The molecule has 1 aromatic carbocycles. The molecule has 104 valence electrons. The lowest BCUT2D eigenvalue weighted by atomic mass is 10.1. The van der Waals surface area contributed by atoms with Crippen LogP contribution in [0.15, 0.2) is 12.1 Å². The number of hydrogen-bond donors (Lipinski definition) is 1. The lowest BCUT2D eigenvalue weighted by molar-refractivity contribution is -0.118. The van der Waals surface area contributed by atoms with Gasteiger partial charge in [-0.1, -0.05) is 0 Å². The number of hydrogen-bond acceptors (Lipinski definition) is 3. The first kappa shape index (κ1) is 14.0. The zero-order chi connectivity index (χ0) is 13.8. The van der Waals surface area contributed by atoms with Gasteiger partial charge in [0.05, 0.1) is 6.61 Å². The van der Waals surface area contributed by atoms with Crippen molar-refractivity contribution in [1.82, 2.24) is 5.32 Å². The third-order valence-corrected chi connectivity index (χ3v) is 3.22. The van der Waals surface area contributed by atoms with Gasteiger partial charge in [-0.15, -0.1) is 11.6 Å². The lowest BCUT2D eigenvalue weighted by Gasteiger charge is -2.13. The first-order chi connectivity index (χ1) is 9.13. The molecule has 4 nitrogen and oxygen atoms in total. The summed E-state index contributed by atoms with van der Waals surface area (Å²) in [5.41, 5.74) is 2.07. The van der Waals surface area contributed by atoms with Gasteiger partial charge < -0.3 is 14.8 Å². The summed E-state index contributed by atoms with van der Waals surface area (Å²) in [5, 5.41) is 2.74. The van der Waals surface area contributed by atoms with Crippen molar-refractivity contribution in [3.63, 3.8) is 0 Å². The SMILES string of the molecule is CCOc1cc2c(cc1CNC(=O)CCl)O[C@H](C)C2. The Hall–Kier alpha value is -1.42.